The summed E-state index contributed by atoms with van der Waals surface area (Å²) in [4.78, 5) is 11.0. The number of carbonyl (C=O) groups is 1. The largest absolute Gasteiger partial charge is 0.413 e. The maximum absolute atomic E-state index is 11.0. The molecule has 0 radical (unpaired) electrons. The fourth-order valence-corrected chi connectivity index (χ4v) is 8.84. The Kier molecular flexibility index (Phi) is 6.96. The van der Waals surface area contributed by atoms with Crippen molar-refractivity contribution < 1.29 is 9.22 Å². The molecule has 0 aliphatic heterocycles. The summed E-state index contributed by atoms with van der Waals surface area (Å²) in [5.41, 5.74) is 1.61. The Balaban J connectivity index is 4.98. The van der Waals surface area contributed by atoms with Crippen LogP contribution in [0.3, 0.4) is 0 Å². The average Bonchev–Trinajstić information content (AvgIpc) is 2.10. The Morgan fingerprint density at radius 1 is 1.00 bits per heavy atom. The summed E-state index contributed by atoms with van der Waals surface area (Å²) in [5.74, 6) is 0. The predicted molar refractivity (Wildman–Crippen MR) is 77.1 cm³/mol. The molecule has 0 aromatic carbocycles. The highest BCUT2D eigenvalue weighted by Gasteiger charge is 2.46. The summed E-state index contributed by atoms with van der Waals surface area (Å²) in [6.45, 7) is 15.4. The summed E-state index contributed by atoms with van der Waals surface area (Å²) in [5, 5.41) is -0.309. The molecule has 0 aliphatic rings. The van der Waals surface area contributed by atoms with Gasteiger partial charge in [-0.3, -0.25) is 4.79 Å². The van der Waals surface area contributed by atoms with E-state index in [1.165, 1.54) is 0 Å². The van der Waals surface area contributed by atoms with Crippen LogP contribution in [0.1, 0.15) is 54.9 Å². The Morgan fingerprint density at radius 2 is 1.35 bits per heavy atom. The molecule has 0 heterocycles. The molecule has 0 fully saturated rings. The third kappa shape index (κ3) is 4.38. The van der Waals surface area contributed by atoms with Gasteiger partial charge in [0.1, 0.15) is 0 Å². The molecule has 0 amide bonds. The second-order valence-electron chi connectivity index (χ2n) is 5.81. The third-order valence-corrected chi connectivity index (χ3v) is 9.94. The minimum absolute atomic E-state index is 0.0705. The van der Waals surface area contributed by atoms with Crippen molar-refractivity contribution in [3.8, 4) is 0 Å². The zero-order valence-electron chi connectivity index (χ0n) is 12.2. The predicted octanol–water partition coefficient (Wildman–Crippen LogP) is 4.72. The molecule has 0 aromatic heterocycles. The Labute approximate surface area is 112 Å². The van der Waals surface area contributed by atoms with Crippen LogP contribution in [0, 0.1) is 0 Å². The molecule has 0 unspecified atom stereocenters. The second kappa shape index (κ2) is 6.91. The highest BCUT2D eigenvalue weighted by Crippen LogP contribution is 2.43. The maximum atomic E-state index is 11.0. The van der Waals surface area contributed by atoms with Gasteiger partial charge in [-0.15, -0.1) is 0 Å². The molecule has 0 N–H and O–H groups in total. The van der Waals surface area contributed by atoms with E-state index in [1.807, 2.05) is 6.92 Å². The molecule has 0 aliphatic carbocycles. The van der Waals surface area contributed by atoms with Crippen LogP contribution in [-0.4, -0.2) is 19.7 Å². The monoisotopic (exact) mass is 278 g/mol. The van der Waals surface area contributed by atoms with Crippen molar-refractivity contribution in [1.29, 1.82) is 0 Å². The molecular weight excluding hydrogens is 252 g/mol. The number of rotatable bonds is 7. The fraction of sp³-hybridized carbons (Fsp3) is 0.923. The van der Waals surface area contributed by atoms with Gasteiger partial charge in [-0.1, -0.05) is 41.5 Å². The summed E-state index contributed by atoms with van der Waals surface area (Å²) >= 11 is 5.44. The van der Waals surface area contributed by atoms with E-state index >= 15 is 0 Å². The molecule has 0 bridgehead atoms. The third-order valence-electron chi connectivity index (χ3n) is 3.56. The molecule has 1 atom stereocenters. The van der Waals surface area contributed by atoms with Gasteiger partial charge < -0.3 is 4.43 Å². The van der Waals surface area contributed by atoms with Crippen molar-refractivity contribution >= 4 is 25.2 Å². The van der Waals surface area contributed by atoms with Crippen molar-refractivity contribution in [2.45, 2.75) is 77.6 Å². The van der Waals surface area contributed by atoms with Gasteiger partial charge in [0, 0.05) is 6.42 Å². The van der Waals surface area contributed by atoms with Crippen LogP contribution in [0.4, 0.5) is 0 Å². The number of hydrogen-bond acceptors (Lipinski definition) is 2. The zero-order chi connectivity index (χ0) is 13.8. The van der Waals surface area contributed by atoms with Crippen molar-refractivity contribution in [1.82, 2.24) is 0 Å². The van der Waals surface area contributed by atoms with E-state index in [2.05, 4.69) is 41.5 Å². The van der Waals surface area contributed by atoms with Gasteiger partial charge in [0.25, 0.3) is 0 Å². The van der Waals surface area contributed by atoms with E-state index in [1.54, 1.807) is 0 Å². The lowest BCUT2D eigenvalue weighted by Crippen LogP contribution is -2.49. The lowest BCUT2D eigenvalue weighted by atomic mass is 10.3. The minimum atomic E-state index is -1.87. The van der Waals surface area contributed by atoms with Gasteiger partial charge in [0.15, 0.2) is 0 Å². The second-order valence-corrected chi connectivity index (χ2v) is 11.6. The standard InChI is InChI=1S/C13H27ClO2Si/c1-9(2)17(10(3)4,11(5)6)16-12(7)8-13(14)15/h9-12H,8H2,1-7H3/t12-/m0/s1. The normalized spacial score (nSPS) is 14.8. The van der Waals surface area contributed by atoms with Crippen LogP contribution in [0.2, 0.25) is 16.6 Å². The molecule has 0 aromatic rings. The van der Waals surface area contributed by atoms with Crippen molar-refractivity contribution in [2.24, 2.45) is 0 Å². The van der Waals surface area contributed by atoms with Crippen molar-refractivity contribution in [2.75, 3.05) is 0 Å². The van der Waals surface area contributed by atoms with Crippen LogP contribution < -0.4 is 0 Å². The number of carbonyl (C=O) groups excluding carboxylic acids is 1. The SMILES string of the molecule is CC(C)[Si](O[C@@H](C)CC(=O)Cl)(C(C)C)C(C)C. The minimum Gasteiger partial charge on any atom is -0.413 e. The van der Waals surface area contributed by atoms with E-state index in [0.29, 0.717) is 23.0 Å². The van der Waals surface area contributed by atoms with E-state index < -0.39 is 8.32 Å². The first-order valence-electron chi connectivity index (χ1n) is 6.50. The van der Waals surface area contributed by atoms with Crippen molar-refractivity contribution in [3.05, 3.63) is 0 Å². The lowest BCUT2D eigenvalue weighted by molar-refractivity contribution is -0.113. The average molecular weight is 279 g/mol. The first-order chi connectivity index (χ1) is 7.64. The van der Waals surface area contributed by atoms with E-state index in [4.69, 9.17) is 16.0 Å². The molecule has 0 saturated carbocycles. The Bertz CT molecular complexity index is 230. The van der Waals surface area contributed by atoms with E-state index in [-0.39, 0.29) is 11.3 Å². The summed E-state index contributed by atoms with van der Waals surface area (Å²) in [7, 11) is -1.87. The van der Waals surface area contributed by atoms with E-state index in [0.717, 1.165) is 0 Å². The lowest BCUT2D eigenvalue weighted by Gasteiger charge is -2.44. The quantitative estimate of drug-likeness (QED) is 0.497. The molecule has 17 heavy (non-hydrogen) atoms. The van der Waals surface area contributed by atoms with Gasteiger partial charge in [-0.25, -0.2) is 0 Å². The molecule has 0 spiro atoms. The van der Waals surface area contributed by atoms with Gasteiger partial charge in [0.05, 0.1) is 6.10 Å². The Hall–Kier alpha value is 0.137. The first kappa shape index (κ1) is 17.1. The molecule has 2 nitrogen and oxygen atoms in total. The molecule has 102 valence electrons. The zero-order valence-corrected chi connectivity index (χ0v) is 14.0. The van der Waals surface area contributed by atoms with Gasteiger partial charge in [-0.05, 0) is 35.1 Å². The number of halogens is 1. The van der Waals surface area contributed by atoms with Gasteiger partial charge in [-0.2, -0.15) is 0 Å². The van der Waals surface area contributed by atoms with Crippen LogP contribution in [0.15, 0.2) is 0 Å². The summed E-state index contributed by atoms with van der Waals surface area (Å²) in [6.07, 6.45) is 0.238. The van der Waals surface area contributed by atoms with Crippen LogP contribution in [0.5, 0.6) is 0 Å². The topological polar surface area (TPSA) is 26.3 Å². The van der Waals surface area contributed by atoms with E-state index in [9.17, 15) is 4.79 Å². The van der Waals surface area contributed by atoms with Crippen molar-refractivity contribution in [3.63, 3.8) is 0 Å². The number of hydrogen-bond donors (Lipinski definition) is 0. The molecule has 4 heteroatoms. The van der Waals surface area contributed by atoms with Crippen LogP contribution in [0.25, 0.3) is 0 Å². The molecule has 0 saturated heterocycles. The fourth-order valence-electron chi connectivity index (χ4n) is 3.02. The maximum Gasteiger partial charge on any atom is 0.224 e. The summed E-state index contributed by atoms with van der Waals surface area (Å²) in [6, 6.07) is 0. The highest BCUT2D eigenvalue weighted by molar-refractivity contribution is 6.77. The molecular formula is C13H27ClO2Si. The van der Waals surface area contributed by atoms with Gasteiger partial charge in [0.2, 0.25) is 13.6 Å². The highest BCUT2D eigenvalue weighted by atomic mass is 35.5. The molecule has 0 rings (SSSR count). The smallest absolute Gasteiger partial charge is 0.224 e. The van der Waals surface area contributed by atoms with Crippen LogP contribution in [-0.2, 0) is 9.22 Å². The van der Waals surface area contributed by atoms with Crippen LogP contribution >= 0.6 is 11.6 Å². The van der Waals surface area contributed by atoms with Gasteiger partial charge >= 0.3 is 0 Å². The Morgan fingerprint density at radius 3 is 1.59 bits per heavy atom. The first-order valence-corrected chi connectivity index (χ1v) is 9.02. The summed E-state index contributed by atoms with van der Waals surface area (Å²) < 4.78 is 6.37.